The highest BCUT2D eigenvalue weighted by molar-refractivity contribution is 5.79. The van der Waals surface area contributed by atoms with Gasteiger partial charge in [0, 0.05) is 5.56 Å². The number of amides is 1. The van der Waals surface area contributed by atoms with Gasteiger partial charge < -0.3 is 19.5 Å². The van der Waals surface area contributed by atoms with Crippen molar-refractivity contribution < 1.29 is 23.4 Å². The predicted molar refractivity (Wildman–Crippen MR) is 92.8 cm³/mol. The van der Waals surface area contributed by atoms with Crippen molar-refractivity contribution in [2.24, 2.45) is 0 Å². The molecule has 1 amide bonds. The minimum absolute atomic E-state index is 0.0670. The zero-order chi connectivity index (χ0) is 18.4. The van der Waals surface area contributed by atoms with Gasteiger partial charge in [0.1, 0.15) is 11.5 Å². The summed E-state index contributed by atoms with van der Waals surface area (Å²) < 4.78 is 29.2. The number of rotatable bonds is 7. The van der Waals surface area contributed by atoms with Gasteiger partial charge in [-0.1, -0.05) is 6.07 Å². The van der Waals surface area contributed by atoms with Crippen molar-refractivity contribution >= 4 is 5.91 Å². The molecule has 6 heteroatoms. The van der Waals surface area contributed by atoms with Crippen LogP contribution in [-0.4, -0.2) is 27.2 Å². The van der Waals surface area contributed by atoms with Crippen molar-refractivity contribution in [3.63, 3.8) is 0 Å². The lowest BCUT2D eigenvalue weighted by atomic mass is 10.1. The number of halogens is 1. The van der Waals surface area contributed by atoms with Crippen molar-refractivity contribution in [2.75, 3.05) is 21.3 Å². The first kappa shape index (κ1) is 18.6. The standard InChI is InChI=1S/C19H22FNO4/c1-12(15-11-14(23-2)6-8-17(15)24-3)21-19(22)10-13-5-7-18(25-4)16(20)9-13/h5-9,11-12H,10H2,1-4H3,(H,21,22)/t12-/m0/s1. The van der Waals surface area contributed by atoms with Gasteiger partial charge in [-0.25, -0.2) is 4.39 Å². The topological polar surface area (TPSA) is 56.8 Å². The molecule has 0 saturated heterocycles. The maximum Gasteiger partial charge on any atom is 0.224 e. The first-order valence-electron chi connectivity index (χ1n) is 7.82. The number of carbonyl (C=O) groups excluding carboxylic acids is 1. The first-order chi connectivity index (χ1) is 12.0. The van der Waals surface area contributed by atoms with Crippen molar-refractivity contribution in [1.82, 2.24) is 5.32 Å². The summed E-state index contributed by atoms with van der Waals surface area (Å²) in [5, 5.41) is 2.89. The molecule has 0 bridgehead atoms. The highest BCUT2D eigenvalue weighted by atomic mass is 19.1. The quantitative estimate of drug-likeness (QED) is 0.835. The Balaban J connectivity index is 2.08. The summed E-state index contributed by atoms with van der Waals surface area (Å²) in [5.74, 6) is 0.772. The van der Waals surface area contributed by atoms with Crippen LogP contribution >= 0.6 is 0 Å². The van der Waals surface area contributed by atoms with Crippen molar-refractivity contribution in [1.29, 1.82) is 0 Å². The van der Waals surface area contributed by atoms with Crippen molar-refractivity contribution in [3.8, 4) is 17.2 Å². The molecule has 0 saturated carbocycles. The molecule has 0 spiro atoms. The van der Waals surface area contributed by atoms with E-state index in [4.69, 9.17) is 14.2 Å². The Labute approximate surface area is 146 Å². The Morgan fingerprint density at radius 1 is 1.04 bits per heavy atom. The monoisotopic (exact) mass is 347 g/mol. The molecule has 5 nitrogen and oxygen atoms in total. The Hall–Kier alpha value is -2.76. The summed E-state index contributed by atoms with van der Waals surface area (Å²) in [5.41, 5.74) is 1.37. The highest BCUT2D eigenvalue weighted by Gasteiger charge is 2.16. The normalized spacial score (nSPS) is 11.6. The molecule has 2 aromatic carbocycles. The summed E-state index contributed by atoms with van der Waals surface area (Å²) in [6.45, 7) is 1.85. The van der Waals surface area contributed by atoms with Crippen LogP contribution in [0.3, 0.4) is 0 Å². The fraction of sp³-hybridized carbons (Fsp3) is 0.316. The van der Waals surface area contributed by atoms with Crippen LogP contribution in [0.5, 0.6) is 17.2 Å². The zero-order valence-corrected chi connectivity index (χ0v) is 14.8. The summed E-state index contributed by atoms with van der Waals surface area (Å²) in [6.07, 6.45) is 0.0670. The number of nitrogens with one attached hydrogen (secondary N) is 1. The number of benzene rings is 2. The van der Waals surface area contributed by atoms with Gasteiger partial charge in [0.2, 0.25) is 5.91 Å². The number of hydrogen-bond donors (Lipinski definition) is 1. The maximum atomic E-state index is 13.7. The van der Waals surface area contributed by atoms with Crippen LogP contribution in [0.15, 0.2) is 36.4 Å². The van der Waals surface area contributed by atoms with Gasteiger partial charge in [-0.15, -0.1) is 0 Å². The van der Waals surface area contributed by atoms with E-state index in [-0.39, 0.29) is 24.1 Å². The van der Waals surface area contributed by atoms with Crippen LogP contribution in [0.1, 0.15) is 24.1 Å². The van der Waals surface area contributed by atoms with E-state index in [1.165, 1.54) is 19.2 Å². The lowest BCUT2D eigenvalue weighted by molar-refractivity contribution is -0.121. The van der Waals surface area contributed by atoms with Crippen molar-refractivity contribution in [3.05, 3.63) is 53.3 Å². The number of methoxy groups -OCH3 is 3. The van der Waals surface area contributed by atoms with Gasteiger partial charge in [-0.05, 0) is 42.8 Å². The second kappa shape index (κ2) is 8.37. The second-order valence-electron chi connectivity index (χ2n) is 5.54. The summed E-state index contributed by atoms with van der Waals surface area (Å²) in [4.78, 5) is 12.3. The van der Waals surface area contributed by atoms with E-state index >= 15 is 0 Å². The minimum atomic E-state index is -0.490. The highest BCUT2D eigenvalue weighted by Crippen LogP contribution is 2.29. The predicted octanol–water partition coefficient (Wildman–Crippen LogP) is 3.27. The molecule has 1 atom stereocenters. The first-order valence-corrected chi connectivity index (χ1v) is 7.82. The van der Waals surface area contributed by atoms with Gasteiger partial charge in [0.25, 0.3) is 0 Å². The molecule has 0 radical (unpaired) electrons. The lowest BCUT2D eigenvalue weighted by Crippen LogP contribution is -2.28. The van der Waals surface area contributed by atoms with Crippen LogP contribution in [0, 0.1) is 5.82 Å². The molecule has 0 heterocycles. The largest absolute Gasteiger partial charge is 0.497 e. The summed E-state index contributed by atoms with van der Waals surface area (Å²) in [7, 11) is 4.54. The number of hydrogen-bond acceptors (Lipinski definition) is 4. The fourth-order valence-corrected chi connectivity index (χ4v) is 2.55. The van der Waals surface area contributed by atoms with Crippen LogP contribution in [0.2, 0.25) is 0 Å². The molecule has 0 aliphatic rings. The van der Waals surface area contributed by atoms with E-state index in [2.05, 4.69) is 5.32 Å². The molecule has 2 rings (SSSR count). The van der Waals surface area contributed by atoms with Gasteiger partial charge >= 0.3 is 0 Å². The Kier molecular flexibility index (Phi) is 6.22. The SMILES string of the molecule is COc1ccc(OC)c([C@H](C)NC(=O)Cc2ccc(OC)c(F)c2)c1. The van der Waals surface area contributed by atoms with E-state index in [0.29, 0.717) is 17.1 Å². The Morgan fingerprint density at radius 3 is 2.32 bits per heavy atom. The second-order valence-corrected chi connectivity index (χ2v) is 5.54. The third kappa shape index (κ3) is 4.62. The molecule has 1 N–H and O–H groups in total. The van der Waals surface area contributed by atoms with Gasteiger partial charge in [0.05, 0.1) is 33.8 Å². The fourth-order valence-electron chi connectivity index (χ4n) is 2.55. The van der Waals surface area contributed by atoms with Gasteiger partial charge in [0.15, 0.2) is 11.6 Å². The van der Waals surface area contributed by atoms with E-state index in [9.17, 15) is 9.18 Å². The minimum Gasteiger partial charge on any atom is -0.497 e. The van der Waals surface area contributed by atoms with E-state index < -0.39 is 5.82 Å². The number of ether oxygens (including phenoxy) is 3. The summed E-state index contributed by atoms with van der Waals surface area (Å²) in [6, 6.07) is 9.57. The third-order valence-corrected chi connectivity index (χ3v) is 3.86. The van der Waals surface area contributed by atoms with E-state index in [1.54, 1.807) is 32.4 Å². The summed E-state index contributed by atoms with van der Waals surface area (Å²) >= 11 is 0. The molecule has 0 fully saturated rings. The zero-order valence-electron chi connectivity index (χ0n) is 14.8. The van der Waals surface area contributed by atoms with Crippen LogP contribution in [0.4, 0.5) is 4.39 Å². The molecule has 0 aliphatic carbocycles. The molecule has 0 aromatic heterocycles. The maximum absolute atomic E-state index is 13.7. The average molecular weight is 347 g/mol. The van der Waals surface area contributed by atoms with E-state index in [1.807, 2.05) is 13.0 Å². The molecule has 25 heavy (non-hydrogen) atoms. The van der Waals surface area contributed by atoms with E-state index in [0.717, 1.165) is 5.56 Å². The number of carbonyl (C=O) groups is 1. The molecular weight excluding hydrogens is 325 g/mol. The van der Waals surface area contributed by atoms with Gasteiger partial charge in [-0.2, -0.15) is 0 Å². The Bertz CT molecular complexity index is 748. The molecule has 0 aliphatic heterocycles. The smallest absolute Gasteiger partial charge is 0.224 e. The van der Waals surface area contributed by atoms with Crippen LogP contribution in [0.25, 0.3) is 0 Å². The van der Waals surface area contributed by atoms with Gasteiger partial charge in [-0.3, -0.25) is 4.79 Å². The molecule has 0 unspecified atom stereocenters. The molecule has 2 aromatic rings. The van der Waals surface area contributed by atoms with Crippen molar-refractivity contribution in [2.45, 2.75) is 19.4 Å². The average Bonchev–Trinajstić information content (AvgIpc) is 2.61. The lowest BCUT2D eigenvalue weighted by Gasteiger charge is -2.18. The van der Waals surface area contributed by atoms with Crippen LogP contribution < -0.4 is 19.5 Å². The molecule has 134 valence electrons. The molecular formula is C19H22FNO4. The van der Waals surface area contributed by atoms with Crippen LogP contribution in [-0.2, 0) is 11.2 Å². The third-order valence-electron chi connectivity index (χ3n) is 3.86. The Morgan fingerprint density at radius 2 is 1.72 bits per heavy atom.